The molecule has 0 aliphatic carbocycles. The van der Waals surface area contributed by atoms with Crippen LogP contribution in [-0.2, 0) is 4.74 Å². The fourth-order valence-electron chi connectivity index (χ4n) is 0.373. The van der Waals surface area contributed by atoms with Gasteiger partial charge in [-0.2, -0.15) is 0 Å². The third kappa shape index (κ3) is 7.24. The molecular weight excluding hydrogens is 116 g/mol. The molecule has 2 nitrogen and oxygen atoms in total. The topological polar surface area (TPSA) is 29.5 Å². The first-order chi connectivity index (χ1) is 4.41. The third-order valence-corrected chi connectivity index (χ3v) is 0.758. The molecule has 0 aliphatic heterocycles. The summed E-state index contributed by atoms with van der Waals surface area (Å²) in [6.45, 7) is 0.206. The quantitative estimate of drug-likeness (QED) is 0.453. The Bertz CT molecular complexity index is 95.1. The summed E-state index contributed by atoms with van der Waals surface area (Å²) in [5.74, 6) is 0. The maximum absolute atomic E-state index is 8.32. The van der Waals surface area contributed by atoms with Crippen LogP contribution in [0, 0.1) is 0 Å². The Balaban J connectivity index is 3.13. The molecule has 0 saturated heterocycles. The predicted molar refractivity (Wildman–Crippen MR) is 37.0 cm³/mol. The van der Waals surface area contributed by atoms with Crippen molar-refractivity contribution in [3.05, 3.63) is 24.5 Å². The smallest absolute Gasteiger partial charge is 0.0824 e. The molecule has 0 spiro atoms. The van der Waals surface area contributed by atoms with Crippen LogP contribution in [0.4, 0.5) is 0 Å². The van der Waals surface area contributed by atoms with Crippen molar-refractivity contribution in [2.24, 2.45) is 0 Å². The lowest BCUT2D eigenvalue weighted by Gasteiger charge is -1.82. The molecule has 0 saturated carbocycles. The number of ether oxygens (including phenoxy) is 1. The van der Waals surface area contributed by atoms with Gasteiger partial charge in [0.15, 0.2) is 0 Å². The predicted octanol–water partition coefficient (Wildman–Crippen LogP) is 1.09. The van der Waals surface area contributed by atoms with Crippen LogP contribution < -0.4 is 0 Å². The average Bonchev–Trinajstić information content (AvgIpc) is 1.89. The highest BCUT2D eigenvalue weighted by Crippen LogP contribution is 1.81. The van der Waals surface area contributed by atoms with Gasteiger partial charge in [-0.05, 0) is 12.5 Å². The van der Waals surface area contributed by atoms with E-state index in [0.29, 0.717) is 6.42 Å². The van der Waals surface area contributed by atoms with Gasteiger partial charge in [-0.1, -0.05) is 12.2 Å². The van der Waals surface area contributed by atoms with Crippen LogP contribution in [0.3, 0.4) is 0 Å². The lowest BCUT2D eigenvalue weighted by molar-refractivity contribution is 0.302. The van der Waals surface area contributed by atoms with Crippen molar-refractivity contribution in [2.45, 2.75) is 6.42 Å². The van der Waals surface area contributed by atoms with Gasteiger partial charge in [-0.25, -0.2) is 0 Å². The van der Waals surface area contributed by atoms with Crippen molar-refractivity contribution in [1.29, 1.82) is 0 Å². The van der Waals surface area contributed by atoms with Gasteiger partial charge >= 0.3 is 0 Å². The van der Waals surface area contributed by atoms with Gasteiger partial charge in [-0.15, -0.1) is 0 Å². The minimum atomic E-state index is 0.206. The van der Waals surface area contributed by atoms with E-state index in [0.717, 1.165) is 0 Å². The molecule has 0 unspecified atom stereocenters. The van der Waals surface area contributed by atoms with Crippen LogP contribution >= 0.6 is 0 Å². The van der Waals surface area contributed by atoms with Gasteiger partial charge in [-0.3, -0.25) is 0 Å². The van der Waals surface area contributed by atoms with Gasteiger partial charge in [0.1, 0.15) is 0 Å². The van der Waals surface area contributed by atoms with Crippen molar-refractivity contribution in [3.63, 3.8) is 0 Å². The number of hydrogen-bond acceptors (Lipinski definition) is 2. The highest BCUT2D eigenvalue weighted by atomic mass is 16.5. The molecule has 0 aliphatic rings. The Labute approximate surface area is 55.5 Å². The van der Waals surface area contributed by atoms with E-state index in [9.17, 15) is 0 Å². The highest BCUT2D eigenvalue weighted by molar-refractivity contribution is 4.99. The molecular formula is C7H12O2. The van der Waals surface area contributed by atoms with Gasteiger partial charge < -0.3 is 9.84 Å². The van der Waals surface area contributed by atoms with Crippen molar-refractivity contribution in [3.8, 4) is 0 Å². The van der Waals surface area contributed by atoms with E-state index in [1.54, 1.807) is 19.4 Å². The zero-order chi connectivity index (χ0) is 6.95. The number of allylic oxidation sites excluding steroid dienone is 2. The summed E-state index contributed by atoms with van der Waals surface area (Å²) in [5, 5.41) is 8.32. The normalized spacial score (nSPS) is 11.3. The Hall–Kier alpha value is -0.760. The minimum absolute atomic E-state index is 0.206. The second-order valence-corrected chi connectivity index (χ2v) is 1.50. The van der Waals surface area contributed by atoms with E-state index in [2.05, 4.69) is 4.74 Å². The Kier molecular flexibility index (Phi) is 6.63. The van der Waals surface area contributed by atoms with Crippen molar-refractivity contribution >= 4 is 0 Å². The van der Waals surface area contributed by atoms with Gasteiger partial charge in [0.05, 0.1) is 13.4 Å². The number of hydrogen-bond donors (Lipinski definition) is 1. The molecule has 1 N–H and O–H groups in total. The van der Waals surface area contributed by atoms with E-state index >= 15 is 0 Å². The number of methoxy groups -OCH3 is 1. The molecule has 0 aromatic heterocycles. The lowest BCUT2D eigenvalue weighted by atomic mass is 10.4. The molecule has 0 aromatic rings. The second-order valence-electron chi connectivity index (χ2n) is 1.50. The molecule has 0 bridgehead atoms. The monoisotopic (exact) mass is 128 g/mol. The Morgan fingerprint density at radius 3 is 2.78 bits per heavy atom. The molecule has 0 heterocycles. The molecule has 2 heteroatoms. The fraction of sp³-hybridized carbons (Fsp3) is 0.429. The molecule has 9 heavy (non-hydrogen) atoms. The van der Waals surface area contributed by atoms with Crippen molar-refractivity contribution < 1.29 is 9.84 Å². The Morgan fingerprint density at radius 2 is 2.22 bits per heavy atom. The summed E-state index contributed by atoms with van der Waals surface area (Å²) >= 11 is 0. The van der Waals surface area contributed by atoms with Crippen LogP contribution in [0.25, 0.3) is 0 Å². The number of aliphatic hydroxyl groups is 1. The van der Waals surface area contributed by atoms with Crippen LogP contribution in [0.2, 0.25) is 0 Å². The first kappa shape index (κ1) is 8.24. The summed E-state index contributed by atoms with van der Waals surface area (Å²) < 4.78 is 4.63. The molecule has 0 rings (SSSR count). The van der Waals surface area contributed by atoms with Crippen LogP contribution in [0.15, 0.2) is 24.5 Å². The van der Waals surface area contributed by atoms with Crippen LogP contribution in [0.5, 0.6) is 0 Å². The van der Waals surface area contributed by atoms with Crippen LogP contribution in [-0.4, -0.2) is 18.8 Å². The standard InChI is InChI=1S/C7H12O2/c1-9-7-5-3-2-4-6-8/h2-3,5,7-8H,4,6H2,1H3/b3-2+,7-5-. The highest BCUT2D eigenvalue weighted by Gasteiger charge is 1.69. The Morgan fingerprint density at radius 1 is 1.44 bits per heavy atom. The van der Waals surface area contributed by atoms with Crippen molar-refractivity contribution in [1.82, 2.24) is 0 Å². The minimum Gasteiger partial charge on any atom is -0.504 e. The van der Waals surface area contributed by atoms with Crippen molar-refractivity contribution in [2.75, 3.05) is 13.7 Å². The van der Waals surface area contributed by atoms with E-state index in [-0.39, 0.29) is 6.61 Å². The fourth-order valence-corrected chi connectivity index (χ4v) is 0.373. The molecule has 0 atom stereocenters. The van der Waals surface area contributed by atoms with Gasteiger partial charge in [0, 0.05) is 6.61 Å². The summed E-state index contributed by atoms with van der Waals surface area (Å²) in [6.07, 6.45) is 7.76. The van der Waals surface area contributed by atoms with Gasteiger partial charge in [0.25, 0.3) is 0 Å². The maximum Gasteiger partial charge on any atom is 0.0824 e. The second kappa shape index (κ2) is 7.24. The summed E-state index contributed by atoms with van der Waals surface area (Å²) in [6, 6.07) is 0. The van der Waals surface area contributed by atoms with Crippen LogP contribution in [0.1, 0.15) is 6.42 Å². The molecule has 0 amide bonds. The van der Waals surface area contributed by atoms with Gasteiger partial charge in [0.2, 0.25) is 0 Å². The van der Waals surface area contributed by atoms with E-state index in [1.165, 1.54) is 0 Å². The molecule has 0 aromatic carbocycles. The largest absolute Gasteiger partial charge is 0.504 e. The lowest BCUT2D eigenvalue weighted by Crippen LogP contribution is -1.73. The molecule has 0 fully saturated rings. The van der Waals surface area contributed by atoms with E-state index in [1.807, 2.05) is 12.2 Å². The summed E-state index contributed by atoms with van der Waals surface area (Å²) in [4.78, 5) is 0. The molecule has 0 radical (unpaired) electrons. The zero-order valence-corrected chi connectivity index (χ0v) is 5.58. The van der Waals surface area contributed by atoms with E-state index < -0.39 is 0 Å². The summed E-state index contributed by atoms with van der Waals surface area (Å²) in [5.41, 5.74) is 0. The third-order valence-electron chi connectivity index (χ3n) is 0.758. The number of rotatable bonds is 4. The first-order valence-electron chi connectivity index (χ1n) is 2.87. The average molecular weight is 128 g/mol. The SMILES string of the molecule is CO/C=C\C=C\CCO. The number of aliphatic hydroxyl groups excluding tert-OH is 1. The maximum atomic E-state index is 8.32. The summed E-state index contributed by atoms with van der Waals surface area (Å²) in [7, 11) is 1.59. The zero-order valence-electron chi connectivity index (χ0n) is 5.58. The first-order valence-corrected chi connectivity index (χ1v) is 2.87. The molecule has 52 valence electrons. The van der Waals surface area contributed by atoms with E-state index in [4.69, 9.17) is 5.11 Å².